The van der Waals surface area contributed by atoms with Crippen LogP contribution in [0, 0.1) is 28.6 Å². The topological polar surface area (TPSA) is 40.0 Å². The third-order valence-corrected chi connectivity index (χ3v) is 11.0. The molecule has 32 heavy (non-hydrogen) atoms. The molecule has 0 spiro atoms. The SMILES string of the molecule is CO/N=C1\CC2C3CC=C4CC(O[Si](C)(C)C)CCC4(C)C3CCC2(C)C1O[Si](C)(C)C. The van der Waals surface area contributed by atoms with Crippen LogP contribution < -0.4 is 0 Å². The van der Waals surface area contributed by atoms with Crippen LogP contribution in [0.4, 0.5) is 0 Å². The van der Waals surface area contributed by atoms with Crippen LogP contribution in [0.5, 0.6) is 0 Å². The monoisotopic (exact) mass is 477 g/mol. The number of nitrogens with zero attached hydrogens (tertiary/aromatic N) is 1. The van der Waals surface area contributed by atoms with Gasteiger partial charge >= 0.3 is 0 Å². The van der Waals surface area contributed by atoms with Gasteiger partial charge < -0.3 is 13.7 Å². The maximum atomic E-state index is 6.81. The number of allylic oxidation sites excluding steroid dienone is 1. The van der Waals surface area contributed by atoms with Gasteiger partial charge in [0.25, 0.3) is 0 Å². The fraction of sp³-hybridized carbons (Fsp3) is 0.885. The zero-order valence-corrected chi connectivity index (χ0v) is 24.1. The Labute approximate surface area is 198 Å². The van der Waals surface area contributed by atoms with E-state index >= 15 is 0 Å². The van der Waals surface area contributed by atoms with E-state index in [1.54, 1.807) is 12.7 Å². The fourth-order valence-electron chi connectivity index (χ4n) is 7.76. The summed E-state index contributed by atoms with van der Waals surface area (Å²) in [5.41, 5.74) is 3.39. The van der Waals surface area contributed by atoms with E-state index in [1.165, 1.54) is 32.1 Å². The van der Waals surface area contributed by atoms with Crippen LogP contribution in [0.3, 0.4) is 0 Å². The van der Waals surface area contributed by atoms with Crippen LogP contribution in [-0.2, 0) is 13.7 Å². The maximum Gasteiger partial charge on any atom is 0.184 e. The van der Waals surface area contributed by atoms with E-state index in [1.807, 2.05) is 0 Å². The Kier molecular flexibility index (Phi) is 6.44. The van der Waals surface area contributed by atoms with Gasteiger partial charge in [0.2, 0.25) is 0 Å². The predicted octanol–water partition coefficient (Wildman–Crippen LogP) is 7.00. The first-order valence-corrected chi connectivity index (χ1v) is 19.7. The first-order valence-electron chi connectivity index (χ1n) is 12.9. The van der Waals surface area contributed by atoms with E-state index in [-0.39, 0.29) is 11.5 Å². The summed E-state index contributed by atoms with van der Waals surface area (Å²) < 4.78 is 13.4. The molecule has 4 aliphatic rings. The molecule has 0 amide bonds. The molecule has 0 aromatic carbocycles. The third kappa shape index (κ3) is 4.46. The predicted molar refractivity (Wildman–Crippen MR) is 138 cm³/mol. The molecule has 4 rings (SSSR count). The Morgan fingerprint density at radius 3 is 2.22 bits per heavy atom. The first kappa shape index (κ1) is 24.7. The van der Waals surface area contributed by atoms with Crippen LogP contribution in [0.25, 0.3) is 0 Å². The van der Waals surface area contributed by atoms with Crippen LogP contribution >= 0.6 is 0 Å². The van der Waals surface area contributed by atoms with E-state index in [2.05, 4.69) is 64.4 Å². The second kappa shape index (κ2) is 8.35. The van der Waals surface area contributed by atoms with Crippen molar-refractivity contribution in [1.29, 1.82) is 0 Å². The lowest BCUT2D eigenvalue weighted by atomic mass is 9.48. The van der Waals surface area contributed by atoms with Crippen molar-refractivity contribution < 1.29 is 13.7 Å². The van der Waals surface area contributed by atoms with E-state index in [9.17, 15) is 0 Å². The minimum absolute atomic E-state index is 0.124. The molecule has 0 aromatic heterocycles. The second-order valence-electron chi connectivity index (χ2n) is 13.5. The summed E-state index contributed by atoms with van der Waals surface area (Å²) >= 11 is 0. The van der Waals surface area contributed by atoms with Crippen molar-refractivity contribution in [3.63, 3.8) is 0 Å². The Hall–Kier alpha value is -0.436. The maximum absolute atomic E-state index is 6.81. The average Bonchev–Trinajstić information content (AvgIpc) is 2.92. The van der Waals surface area contributed by atoms with E-state index in [0.29, 0.717) is 17.4 Å². The molecule has 182 valence electrons. The molecular weight excluding hydrogens is 430 g/mol. The highest BCUT2D eigenvalue weighted by molar-refractivity contribution is 6.70. The van der Waals surface area contributed by atoms with Gasteiger partial charge in [0.1, 0.15) is 7.11 Å². The number of rotatable bonds is 5. The highest BCUT2D eigenvalue weighted by Gasteiger charge is 2.61. The number of hydrogen-bond acceptors (Lipinski definition) is 4. The van der Waals surface area contributed by atoms with Gasteiger partial charge in [-0.05, 0) is 107 Å². The molecule has 0 bridgehead atoms. The molecule has 7 atom stereocenters. The van der Waals surface area contributed by atoms with Gasteiger partial charge in [-0.2, -0.15) is 0 Å². The lowest BCUT2D eigenvalue weighted by molar-refractivity contribution is -0.0627. The molecule has 0 saturated heterocycles. The van der Waals surface area contributed by atoms with Crippen molar-refractivity contribution in [3.05, 3.63) is 11.6 Å². The normalized spacial score (nSPS) is 43.3. The summed E-state index contributed by atoms with van der Waals surface area (Å²) in [5.74, 6) is 2.15. The molecule has 6 heteroatoms. The molecule has 0 heterocycles. The minimum atomic E-state index is -1.69. The fourth-order valence-corrected chi connectivity index (χ4v) is 10.1. The van der Waals surface area contributed by atoms with Crippen LogP contribution in [-0.4, -0.2) is 41.7 Å². The Morgan fingerprint density at radius 1 is 0.906 bits per heavy atom. The van der Waals surface area contributed by atoms with E-state index in [0.717, 1.165) is 30.4 Å². The van der Waals surface area contributed by atoms with Crippen molar-refractivity contribution in [2.45, 2.75) is 110 Å². The number of oxime groups is 1. The first-order chi connectivity index (χ1) is 14.8. The second-order valence-corrected chi connectivity index (χ2v) is 22.4. The molecule has 7 unspecified atom stereocenters. The van der Waals surface area contributed by atoms with Crippen molar-refractivity contribution in [2.24, 2.45) is 33.7 Å². The highest BCUT2D eigenvalue weighted by Crippen LogP contribution is 2.65. The van der Waals surface area contributed by atoms with Crippen molar-refractivity contribution >= 4 is 22.3 Å². The molecule has 0 aliphatic heterocycles. The van der Waals surface area contributed by atoms with Gasteiger partial charge in [-0.1, -0.05) is 30.7 Å². The standard InChI is InChI=1S/C26H47NO3Si2/c1-25-14-12-19(29-31(4,5)6)16-18(25)10-11-20-21(25)13-15-26(2)22(20)17-23(27-28-3)24(26)30-32(7,8)9/h10,19-22,24H,11-17H2,1-9H3/b27-23+. The summed E-state index contributed by atoms with van der Waals surface area (Å²) in [6, 6.07) is 0. The molecule has 4 aliphatic carbocycles. The van der Waals surface area contributed by atoms with Gasteiger partial charge in [-0.25, -0.2) is 0 Å². The summed E-state index contributed by atoms with van der Waals surface area (Å²) in [5, 5.41) is 4.52. The Morgan fingerprint density at radius 2 is 1.59 bits per heavy atom. The largest absolute Gasteiger partial charge is 0.414 e. The van der Waals surface area contributed by atoms with Crippen LogP contribution in [0.2, 0.25) is 39.3 Å². The lowest BCUT2D eigenvalue weighted by Gasteiger charge is -2.58. The van der Waals surface area contributed by atoms with Crippen molar-refractivity contribution in [3.8, 4) is 0 Å². The quantitative estimate of drug-likeness (QED) is 0.243. The molecule has 0 radical (unpaired) electrons. The molecular formula is C26H47NO3Si2. The Bertz CT molecular complexity index is 783. The molecule has 4 nitrogen and oxygen atoms in total. The smallest absolute Gasteiger partial charge is 0.184 e. The van der Waals surface area contributed by atoms with Crippen molar-refractivity contribution in [1.82, 2.24) is 0 Å². The summed E-state index contributed by atoms with van der Waals surface area (Å²) in [7, 11) is -1.50. The van der Waals surface area contributed by atoms with Crippen LogP contribution in [0.15, 0.2) is 16.8 Å². The van der Waals surface area contributed by atoms with Gasteiger partial charge in [0.05, 0.1) is 11.8 Å². The zero-order valence-electron chi connectivity index (χ0n) is 22.1. The van der Waals surface area contributed by atoms with Gasteiger partial charge in [-0.3, -0.25) is 0 Å². The zero-order chi connectivity index (χ0) is 23.5. The van der Waals surface area contributed by atoms with E-state index < -0.39 is 16.6 Å². The highest BCUT2D eigenvalue weighted by atomic mass is 28.4. The summed E-state index contributed by atoms with van der Waals surface area (Å²) in [6.07, 6.45) is 11.7. The van der Waals surface area contributed by atoms with Crippen LogP contribution in [0.1, 0.15) is 58.8 Å². The Balaban J connectivity index is 1.60. The third-order valence-electron chi connectivity index (χ3n) is 9.03. The molecule has 0 aromatic rings. The molecule has 3 fully saturated rings. The van der Waals surface area contributed by atoms with Gasteiger partial charge in [0.15, 0.2) is 16.6 Å². The number of hydrogen-bond donors (Lipinski definition) is 0. The average molecular weight is 478 g/mol. The lowest BCUT2D eigenvalue weighted by Crippen LogP contribution is -2.53. The number of fused-ring (bicyclic) bond motifs is 5. The van der Waals surface area contributed by atoms with Crippen molar-refractivity contribution in [2.75, 3.05) is 7.11 Å². The minimum Gasteiger partial charge on any atom is -0.414 e. The summed E-state index contributed by atoms with van der Waals surface area (Å²) in [6.45, 7) is 19.0. The van der Waals surface area contributed by atoms with Gasteiger partial charge in [0, 0.05) is 11.5 Å². The molecule has 0 N–H and O–H groups in total. The van der Waals surface area contributed by atoms with E-state index in [4.69, 9.17) is 13.7 Å². The summed E-state index contributed by atoms with van der Waals surface area (Å²) in [4.78, 5) is 5.32. The molecule has 3 saturated carbocycles. The van der Waals surface area contributed by atoms with Gasteiger partial charge in [-0.15, -0.1) is 0 Å².